The molecule has 0 aliphatic heterocycles. The molecule has 1 atom stereocenters. The first-order valence-corrected chi connectivity index (χ1v) is 9.85. The fourth-order valence-corrected chi connectivity index (χ4v) is 4.23. The largest absolute Gasteiger partial charge is 0.240 e. The molecule has 0 aromatic heterocycles. The molecule has 0 saturated carbocycles. The van der Waals surface area contributed by atoms with Crippen molar-refractivity contribution >= 4 is 10.0 Å². The number of sulfonamides is 1. The molecule has 2 aromatic carbocycles. The van der Waals surface area contributed by atoms with Gasteiger partial charge in [-0.3, -0.25) is 0 Å². The quantitative estimate of drug-likeness (QED) is 0.764. The van der Waals surface area contributed by atoms with Gasteiger partial charge in [0.2, 0.25) is 10.0 Å². The van der Waals surface area contributed by atoms with Crippen molar-refractivity contribution in [3.05, 3.63) is 53.6 Å². The minimum Gasteiger partial charge on any atom is -0.208 e. The van der Waals surface area contributed by atoms with Crippen molar-refractivity contribution in [2.45, 2.75) is 51.0 Å². The van der Waals surface area contributed by atoms with Crippen LogP contribution in [0, 0.1) is 18.6 Å². The van der Waals surface area contributed by atoms with Gasteiger partial charge in [-0.2, -0.15) is 0 Å². The Bertz CT molecular complexity index is 850. The van der Waals surface area contributed by atoms with Crippen LogP contribution in [-0.2, 0) is 10.0 Å². The van der Waals surface area contributed by atoms with Gasteiger partial charge in [-0.25, -0.2) is 21.9 Å². The van der Waals surface area contributed by atoms with Crippen LogP contribution >= 0.6 is 0 Å². The maximum atomic E-state index is 14.0. The van der Waals surface area contributed by atoms with Gasteiger partial charge >= 0.3 is 0 Å². The van der Waals surface area contributed by atoms with Gasteiger partial charge in [0, 0.05) is 17.7 Å². The molecular formula is C19H23F2NO2S. The van der Waals surface area contributed by atoms with Crippen molar-refractivity contribution < 1.29 is 17.2 Å². The van der Waals surface area contributed by atoms with E-state index in [4.69, 9.17) is 0 Å². The number of benzene rings is 2. The van der Waals surface area contributed by atoms with Crippen LogP contribution in [0.25, 0.3) is 11.1 Å². The summed E-state index contributed by atoms with van der Waals surface area (Å²) in [7, 11) is -3.64. The third kappa shape index (κ3) is 4.64. The normalized spacial score (nSPS) is 13.0. The molecule has 0 heterocycles. The van der Waals surface area contributed by atoms with Crippen LogP contribution in [0.4, 0.5) is 8.78 Å². The summed E-state index contributed by atoms with van der Waals surface area (Å²) >= 11 is 0. The van der Waals surface area contributed by atoms with Crippen molar-refractivity contribution in [2.75, 3.05) is 0 Å². The first-order valence-electron chi connectivity index (χ1n) is 8.36. The summed E-state index contributed by atoms with van der Waals surface area (Å²) < 4.78 is 54.9. The van der Waals surface area contributed by atoms with Gasteiger partial charge in [-0.1, -0.05) is 26.3 Å². The second-order valence-electron chi connectivity index (χ2n) is 6.12. The molecule has 0 fully saturated rings. The molecule has 0 saturated heterocycles. The molecule has 25 heavy (non-hydrogen) atoms. The molecule has 0 bridgehead atoms. The Morgan fingerprint density at radius 3 is 2.28 bits per heavy atom. The van der Waals surface area contributed by atoms with E-state index in [0.717, 1.165) is 18.9 Å². The van der Waals surface area contributed by atoms with Crippen molar-refractivity contribution in [1.29, 1.82) is 0 Å². The molecule has 0 spiro atoms. The number of rotatable bonds is 7. The van der Waals surface area contributed by atoms with E-state index in [0.29, 0.717) is 17.5 Å². The third-order valence-electron chi connectivity index (χ3n) is 4.18. The SMILES string of the molecule is CCCC(CC)NS(=O)(=O)c1ccc(-c2ccc(F)cc2F)c(C)c1. The van der Waals surface area contributed by atoms with Crippen LogP contribution in [0.2, 0.25) is 0 Å². The topological polar surface area (TPSA) is 46.2 Å². The molecule has 2 rings (SSSR count). The van der Waals surface area contributed by atoms with E-state index in [9.17, 15) is 17.2 Å². The Balaban J connectivity index is 2.35. The molecule has 2 aromatic rings. The second kappa shape index (κ2) is 8.06. The van der Waals surface area contributed by atoms with E-state index in [-0.39, 0.29) is 16.5 Å². The fraction of sp³-hybridized carbons (Fsp3) is 0.368. The lowest BCUT2D eigenvalue weighted by molar-refractivity contribution is 0.512. The van der Waals surface area contributed by atoms with Gasteiger partial charge in [-0.15, -0.1) is 0 Å². The van der Waals surface area contributed by atoms with Crippen LogP contribution in [-0.4, -0.2) is 14.5 Å². The van der Waals surface area contributed by atoms with Crippen LogP contribution in [0.3, 0.4) is 0 Å². The van der Waals surface area contributed by atoms with Gasteiger partial charge in [0.05, 0.1) is 4.90 Å². The van der Waals surface area contributed by atoms with Gasteiger partial charge in [-0.05, 0) is 55.2 Å². The summed E-state index contributed by atoms with van der Waals surface area (Å²) in [6, 6.07) is 7.77. The number of aryl methyl sites for hydroxylation is 1. The van der Waals surface area contributed by atoms with E-state index in [2.05, 4.69) is 4.72 Å². The average molecular weight is 367 g/mol. The minimum absolute atomic E-state index is 0.107. The Morgan fingerprint density at radius 2 is 1.72 bits per heavy atom. The molecule has 136 valence electrons. The van der Waals surface area contributed by atoms with Gasteiger partial charge in [0.1, 0.15) is 11.6 Å². The fourth-order valence-electron chi connectivity index (χ4n) is 2.80. The highest BCUT2D eigenvalue weighted by Crippen LogP contribution is 2.28. The average Bonchev–Trinajstić information content (AvgIpc) is 2.55. The van der Waals surface area contributed by atoms with E-state index in [1.807, 2.05) is 13.8 Å². The Kier molecular flexibility index (Phi) is 6.30. The predicted octanol–water partition coefficient (Wildman–Crippen LogP) is 4.80. The maximum absolute atomic E-state index is 14.0. The molecule has 3 nitrogen and oxygen atoms in total. The predicted molar refractivity (Wildman–Crippen MR) is 95.8 cm³/mol. The van der Waals surface area contributed by atoms with Gasteiger partial charge in [0.15, 0.2) is 0 Å². The van der Waals surface area contributed by atoms with E-state index in [1.165, 1.54) is 24.3 Å². The third-order valence-corrected chi connectivity index (χ3v) is 5.70. The van der Waals surface area contributed by atoms with E-state index in [1.54, 1.807) is 13.0 Å². The standard InChI is InChI=1S/C19H23F2NO2S/c1-4-6-15(5-2)22-25(23,24)16-8-10-17(13(3)11-16)18-9-7-14(20)12-19(18)21/h7-12,15,22H,4-6H2,1-3H3. The summed E-state index contributed by atoms with van der Waals surface area (Å²) in [6.07, 6.45) is 2.38. The van der Waals surface area contributed by atoms with Crippen LogP contribution < -0.4 is 4.72 Å². The summed E-state index contributed by atoms with van der Waals surface area (Å²) in [5.74, 6) is -1.32. The van der Waals surface area contributed by atoms with E-state index >= 15 is 0 Å². The summed E-state index contributed by atoms with van der Waals surface area (Å²) in [4.78, 5) is 0.144. The zero-order valence-electron chi connectivity index (χ0n) is 14.6. The molecule has 6 heteroatoms. The molecule has 0 aliphatic carbocycles. The van der Waals surface area contributed by atoms with Gasteiger partial charge < -0.3 is 0 Å². The zero-order valence-corrected chi connectivity index (χ0v) is 15.5. The Labute approximate surface area is 148 Å². The van der Waals surface area contributed by atoms with Crippen molar-refractivity contribution in [1.82, 2.24) is 4.72 Å². The van der Waals surface area contributed by atoms with Crippen molar-refractivity contribution in [3.63, 3.8) is 0 Å². The minimum atomic E-state index is -3.64. The zero-order chi connectivity index (χ0) is 18.6. The lowest BCUT2D eigenvalue weighted by atomic mass is 10.0. The summed E-state index contributed by atoms with van der Waals surface area (Å²) in [6.45, 7) is 5.65. The number of nitrogens with one attached hydrogen (secondary N) is 1. The molecule has 0 radical (unpaired) electrons. The number of hydrogen-bond acceptors (Lipinski definition) is 2. The van der Waals surface area contributed by atoms with E-state index < -0.39 is 21.7 Å². The smallest absolute Gasteiger partial charge is 0.208 e. The lowest BCUT2D eigenvalue weighted by Crippen LogP contribution is -2.34. The lowest BCUT2D eigenvalue weighted by Gasteiger charge is -2.17. The van der Waals surface area contributed by atoms with Crippen molar-refractivity contribution in [3.8, 4) is 11.1 Å². The molecule has 0 amide bonds. The number of hydrogen-bond donors (Lipinski definition) is 1. The Morgan fingerprint density at radius 1 is 1.04 bits per heavy atom. The summed E-state index contributed by atoms with van der Waals surface area (Å²) in [5.41, 5.74) is 1.39. The highest BCUT2D eigenvalue weighted by Gasteiger charge is 2.20. The van der Waals surface area contributed by atoms with Crippen molar-refractivity contribution in [2.24, 2.45) is 0 Å². The molecular weight excluding hydrogens is 344 g/mol. The highest BCUT2D eigenvalue weighted by molar-refractivity contribution is 7.89. The first-order chi connectivity index (χ1) is 11.8. The van der Waals surface area contributed by atoms with Crippen LogP contribution in [0.1, 0.15) is 38.7 Å². The van der Waals surface area contributed by atoms with Crippen LogP contribution in [0.15, 0.2) is 41.3 Å². The van der Waals surface area contributed by atoms with Gasteiger partial charge in [0.25, 0.3) is 0 Å². The maximum Gasteiger partial charge on any atom is 0.240 e. The molecule has 0 aliphatic rings. The van der Waals surface area contributed by atoms with Crippen LogP contribution in [0.5, 0.6) is 0 Å². The first kappa shape index (κ1) is 19.5. The molecule has 1 N–H and O–H groups in total. The monoisotopic (exact) mass is 367 g/mol. The Hall–Kier alpha value is -1.79. The number of halogens is 2. The highest BCUT2D eigenvalue weighted by atomic mass is 32.2. The second-order valence-corrected chi connectivity index (χ2v) is 7.83. The summed E-state index contributed by atoms with van der Waals surface area (Å²) in [5, 5.41) is 0. The molecule has 1 unspecified atom stereocenters.